The molecule has 0 saturated heterocycles. The minimum Gasteiger partial charge on any atom is -0.496 e. The molecule has 32 heavy (non-hydrogen) atoms. The molecule has 1 N–H and O–H groups in total. The van der Waals surface area contributed by atoms with Gasteiger partial charge in [-0.1, -0.05) is 43.3 Å². The number of rotatable bonds is 8. The number of amides is 1. The highest BCUT2D eigenvalue weighted by molar-refractivity contribution is 5.75. The molecule has 6 heteroatoms. The second-order valence-electron chi connectivity index (χ2n) is 7.49. The van der Waals surface area contributed by atoms with Crippen LogP contribution in [0.15, 0.2) is 79.3 Å². The molecule has 0 fully saturated rings. The van der Waals surface area contributed by atoms with Crippen LogP contribution in [0.25, 0.3) is 22.4 Å². The van der Waals surface area contributed by atoms with Crippen molar-refractivity contribution >= 4 is 5.91 Å². The van der Waals surface area contributed by atoms with Crippen LogP contribution < -0.4 is 10.1 Å². The number of hydrogen-bond acceptors (Lipinski definition) is 4. The molecule has 1 amide bonds. The van der Waals surface area contributed by atoms with Gasteiger partial charge in [0, 0.05) is 30.7 Å². The van der Waals surface area contributed by atoms with Crippen molar-refractivity contribution in [2.75, 3.05) is 7.11 Å². The van der Waals surface area contributed by atoms with Crippen LogP contribution in [-0.2, 0) is 24.3 Å². The summed E-state index contributed by atoms with van der Waals surface area (Å²) in [5.74, 6) is 0.827. The van der Waals surface area contributed by atoms with Crippen LogP contribution in [0.2, 0.25) is 0 Å². The molecule has 0 aliphatic carbocycles. The van der Waals surface area contributed by atoms with Crippen molar-refractivity contribution in [1.82, 2.24) is 20.1 Å². The number of hydrogen-bond donors (Lipinski definition) is 1. The van der Waals surface area contributed by atoms with E-state index in [4.69, 9.17) is 4.74 Å². The Kier molecular flexibility index (Phi) is 6.60. The molecule has 0 saturated carbocycles. The lowest BCUT2D eigenvalue weighted by molar-refractivity contribution is -0.122. The molecule has 0 unspecified atom stereocenters. The number of ether oxygens (including phenoxy) is 1. The summed E-state index contributed by atoms with van der Waals surface area (Å²) in [7, 11) is 1.70. The third-order valence-electron chi connectivity index (χ3n) is 5.33. The standard InChI is InChI=1S/C26H26N4O2/c1-3-20-15-23(10-11-25(20)32-2)21-6-8-22(9-7-21)24-12-14-30(29-24)18-26(31)28-17-19-5-4-13-27-16-19/h4-16H,3,17-18H2,1-2H3,(H,28,31). The molecule has 0 spiro atoms. The molecule has 2 aromatic heterocycles. The minimum atomic E-state index is -0.0925. The van der Waals surface area contributed by atoms with Crippen LogP contribution in [0, 0.1) is 0 Å². The average molecular weight is 427 g/mol. The van der Waals surface area contributed by atoms with Gasteiger partial charge in [-0.3, -0.25) is 14.5 Å². The number of pyridine rings is 1. The summed E-state index contributed by atoms with van der Waals surface area (Å²) in [5.41, 5.74) is 6.29. The highest BCUT2D eigenvalue weighted by Crippen LogP contribution is 2.28. The molecular weight excluding hydrogens is 400 g/mol. The number of benzene rings is 2. The van der Waals surface area contributed by atoms with Crippen molar-refractivity contribution in [2.45, 2.75) is 26.4 Å². The summed E-state index contributed by atoms with van der Waals surface area (Å²) in [5, 5.41) is 7.45. The van der Waals surface area contributed by atoms with Crippen molar-refractivity contribution in [2.24, 2.45) is 0 Å². The molecule has 4 aromatic rings. The van der Waals surface area contributed by atoms with Crippen LogP contribution in [0.3, 0.4) is 0 Å². The topological polar surface area (TPSA) is 69.0 Å². The van der Waals surface area contributed by atoms with Crippen LogP contribution in [0.1, 0.15) is 18.1 Å². The third kappa shape index (κ3) is 5.03. The Morgan fingerprint density at radius 2 is 1.81 bits per heavy atom. The lowest BCUT2D eigenvalue weighted by Crippen LogP contribution is -2.27. The molecule has 162 valence electrons. The van der Waals surface area contributed by atoms with E-state index in [9.17, 15) is 4.79 Å². The van der Waals surface area contributed by atoms with E-state index < -0.39 is 0 Å². The Morgan fingerprint density at radius 3 is 2.53 bits per heavy atom. The third-order valence-corrected chi connectivity index (χ3v) is 5.33. The molecule has 0 atom stereocenters. The Morgan fingerprint density at radius 1 is 1.03 bits per heavy atom. The number of nitrogens with one attached hydrogen (secondary N) is 1. The number of aromatic nitrogens is 3. The van der Waals surface area contributed by atoms with E-state index >= 15 is 0 Å². The Bertz CT molecular complexity index is 1180. The molecule has 2 aromatic carbocycles. The molecule has 0 radical (unpaired) electrons. The van der Waals surface area contributed by atoms with Gasteiger partial charge in [0.1, 0.15) is 12.3 Å². The Balaban J connectivity index is 1.40. The van der Waals surface area contributed by atoms with Crippen LogP contribution in [0.5, 0.6) is 5.75 Å². The molecule has 2 heterocycles. The van der Waals surface area contributed by atoms with Crippen LogP contribution in [0.4, 0.5) is 0 Å². The number of carbonyl (C=O) groups excluding carboxylic acids is 1. The van der Waals surface area contributed by atoms with Gasteiger partial charge in [-0.25, -0.2) is 0 Å². The van der Waals surface area contributed by atoms with Gasteiger partial charge < -0.3 is 10.1 Å². The first-order valence-electron chi connectivity index (χ1n) is 10.6. The van der Waals surface area contributed by atoms with Crippen molar-refractivity contribution < 1.29 is 9.53 Å². The smallest absolute Gasteiger partial charge is 0.241 e. The van der Waals surface area contributed by atoms with E-state index in [1.807, 2.05) is 30.5 Å². The number of aryl methyl sites for hydroxylation is 1. The van der Waals surface area contributed by atoms with Crippen molar-refractivity contribution in [3.8, 4) is 28.1 Å². The second-order valence-corrected chi connectivity index (χ2v) is 7.49. The quantitative estimate of drug-likeness (QED) is 0.450. The maximum atomic E-state index is 12.2. The molecular formula is C26H26N4O2. The second kappa shape index (κ2) is 9.92. The normalized spacial score (nSPS) is 10.7. The molecule has 0 aliphatic rings. The van der Waals surface area contributed by atoms with Crippen molar-refractivity contribution in [3.63, 3.8) is 0 Å². The van der Waals surface area contributed by atoms with Crippen molar-refractivity contribution in [1.29, 1.82) is 0 Å². The molecule has 0 aliphatic heterocycles. The van der Waals surface area contributed by atoms with Gasteiger partial charge in [-0.05, 0) is 52.9 Å². The van der Waals surface area contributed by atoms with Gasteiger partial charge in [0.2, 0.25) is 5.91 Å². The molecule has 0 bridgehead atoms. The lowest BCUT2D eigenvalue weighted by atomic mass is 9.99. The number of nitrogens with zero attached hydrogens (tertiary/aromatic N) is 3. The van der Waals surface area contributed by atoms with E-state index in [2.05, 4.69) is 58.7 Å². The van der Waals surface area contributed by atoms with Gasteiger partial charge in [0.15, 0.2) is 0 Å². The summed E-state index contributed by atoms with van der Waals surface area (Å²) in [4.78, 5) is 16.3. The number of carbonyl (C=O) groups is 1. The fraction of sp³-hybridized carbons (Fsp3) is 0.192. The molecule has 6 nitrogen and oxygen atoms in total. The van der Waals surface area contributed by atoms with Crippen LogP contribution >= 0.6 is 0 Å². The average Bonchev–Trinajstić information content (AvgIpc) is 3.31. The van der Waals surface area contributed by atoms with E-state index in [1.165, 1.54) is 5.56 Å². The fourth-order valence-corrected chi connectivity index (χ4v) is 3.58. The van der Waals surface area contributed by atoms with Gasteiger partial charge in [-0.15, -0.1) is 0 Å². The summed E-state index contributed by atoms with van der Waals surface area (Å²) in [6.45, 7) is 2.75. The molecule has 4 rings (SSSR count). The maximum Gasteiger partial charge on any atom is 0.241 e. The van der Waals surface area contributed by atoms with Crippen molar-refractivity contribution in [3.05, 3.63) is 90.4 Å². The first-order valence-corrected chi connectivity index (χ1v) is 10.6. The zero-order valence-electron chi connectivity index (χ0n) is 18.3. The first-order chi connectivity index (χ1) is 15.7. The summed E-state index contributed by atoms with van der Waals surface area (Å²) in [6, 6.07) is 20.3. The highest BCUT2D eigenvalue weighted by Gasteiger charge is 2.08. The highest BCUT2D eigenvalue weighted by atomic mass is 16.5. The predicted octanol–water partition coefficient (Wildman–Crippen LogP) is 4.50. The maximum absolute atomic E-state index is 12.2. The van der Waals surface area contributed by atoms with Gasteiger partial charge in [0.25, 0.3) is 0 Å². The SMILES string of the molecule is CCc1cc(-c2ccc(-c3ccn(CC(=O)NCc4cccnc4)n3)cc2)ccc1OC. The summed E-state index contributed by atoms with van der Waals surface area (Å²) >= 11 is 0. The largest absolute Gasteiger partial charge is 0.496 e. The van der Waals surface area contributed by atoms with E-state index in [-0.39, 0.29) is 12.5 Å². The minimum absolute atomic E-state index is 0.0925. The lowest BCUT2D eigenvalue weighted by Gasteiger charge is -2.10. The van der Waals surface area contributed by atoms with E-state index in [0.29, 0.717) is 6.54 Å². The monoisotopic (exact) mass is 426 g/mol. The van der Waals surface area contributed by atoms with E-state index in [0.717, 1.165) is 40.1 Å². The summed E-state index contributed by atoms with van der Waals surface area (Å²) < 4.78 is 7.08. The predicted molar refractivity (Wildman–Crippen MR) is 125 cm³/mol. The van der Waals surface area contributed by atoms with Crippen LogP contribution in [-0.4, -0.2) is 27.8 Å². The fourth-order valence-electron chi connectivity index (χ4n) is 3.58. The Hall–Kier alpha value is -3.93. The number of methoxy groups -OCH3 is 1. The van der Waals surface area contributed by atoms with Gasteiger partial charge in [-0.2, -0.15) is 5.10 Å². The van der Waals surface area contributed by atoms with Gasteiger partial charge in [0.05, 0.1) is 12.8 Å². The summed E-state index contributed by atoms with van der Waals surface area (Å²) in [6.07, 6.45) is 6.19. The zero-order valence-corrected chi connectivity index (χ0v) is 18.3. The Labute approximate surface area is 187 Å². The van der Waals surface area contributed by atoms with E-state index in [1.54, 1.807) is 24.2 Å². The zero-order chi connectivity index (χ0) is 22.3. The first kappa shape index (κ1) is 21.3. The van der Waals surface area contributed by atoms with Gasteiger partial charge >= 0.3 is 0 Å².